The first-order valence-electron chi connectivity index (χ1n) is 9.89. The third-order valence-corrected chi connectivity index (χ3v) is 5.23. The highest BCUT2D eigenvalue weighted by atomic mass is 19.1. The molecule has 1 aliphatic heterocycles. The van der Waals surface area contributed by atoms with Crippen LogP contribution in [0.15, 0.2) is 65.7 Å². The third kappa shape index (κ3) is 3.79. The maximum atomic E-state index is 13.5. The first kappa shape index (κ1) is 20.7. The highest BCUT2D eigenvalue weighted by Gasteiger charge is 2.33. The van der Waals surface area contributed by atoms with E-state index in [-0.39, 0.29) is 17.7 Å². The fourth-order valence-electron chi connectivity index (χ4n) is 3.67. The number of H-pyrrole nitrogens is 1. The molecular formula is C22H17F2N7O2. The van der Waals surface area contributed by atoms with Gasteiger partial charge in [0.2, 0.25) is 17.5 Å². The summed E-state index contributed by atoms with van der Waals surface area (Å²) in [5.74, 6) is -0.554. The number of aliphatic hydroxyl groups is 1. The van der Waals surface area contributed by atoms with E-state index in [1.165, 1.54) is 58.2 Å². The van der Waals surface area contributed by atoms with Crippen LogP contribution in [0.1, 0.15) is 12.0 Å². The number of fused-ring (bicyclic) bond motifs is 1. The summed E-state index contributed by atoms with van der Waals surface area (Å²) < 4.78 is 28.0. The molecule has 5 rings (SSSR count). The molecule has 4 aromatic rings. The van der Waals surface area contributed by atoms with Crippen molar-refractivity contribution in [2.45, 2.75) is 12.9 Å². The predicted molar refractivity (Wildman–Crippen MR) is 114 cm³/mol. The number of hydrazine groups is 1. The topological polar surface area (TPSA) is 123 Å². The quantitative estimate of drug-likeness (QED) is 0.379. The van der Waals surface area contributed by atoms with Crippen molar-refractivity contribution in [3.05, 3.63) is 94.2 Å². The van der Waals surface area contributed by atoms with Crippen molar-refractivity contribution in [3.63, 3.8) is 0 Å². The Morgan fingerprint density at radius 3 is 2.42 bits per heavy atom. The molecule has 3 aromatic heterocycles. The Morgan fingerprint density at radius 2 is 1.76 bits per heavy atom. The molecule has 0 amide bonds. The number of aromatic amines is 1. The number of aliphatic hydroxyl groups excluding tert-OH is 1. The molecule has 9 nitrogen and oxygen atoms in total. The summed E-state index contributed by atoms with van der Waals surface area (Å²) in [7, 11) is 0. The lowest BCUT2D eigenvalue weighted by molar-refractivity contribution is -0.0278. The first-order valence-corrected chi connectivity index (χ1v) is 9.89. The Labute approximate surface area is 185 Å². The zero-order valence-electron chi connectivity index (χ0n) is 17.0. The average molecular weight is 449 g/mol. The van der Waals surface area contributed by atoms with Gasteiger partial charge in [-0.25, -0.2) is 13.8 Å². The van der Waals surface area contributed by atoms with E-state index in [0.29, 0.717) is 33.9 Å². The van der Waals surface area contributed by atoms with Crippen molar-refractivity contribution in [2.75, 3.05) is 5.43 Å². The molecule has 11 heteroatoms. The van der Waals surface area contributed by atoms with Gasteiger partial charge in [-0.2, -0.15) is 5.01 Å². The zero-order valence-corrected chi connectivity index (χ0v) is 17.0. The molecule has 0 saturated heterocycles. The van der Waals surface area contributed by atoms with Gasteiger partial charge in [0, 0.05) is 23.4 Å². The van der Waals surface area contributed by atoms with Crippen molar-refractivity contribution >= 4 is 5.82 Å². The highest BCUT2D eigenvalue weighted by molar-refractivity contribution is 5.88. The minimum atomic E-state index is -1.31. The van der Waals surface area contributed by atoms with Crippen LogP contribution < -0.4 is 16.6 Å². The number of benzene rings is 1. The highest BCUT2D eigenvalue weighted by Crippen LogP contribution is 2.39. The van der Waals surface area contributed by atoms with Crippen LogP contribution in [0.4, 0.5) is 14.6 Å². The van der Waals surface area contributed by atoms with Gasteiger partial charge in [0.05, 0.1) is 29.7 Å². The van der Waals surface area contributed by atoms with Gasteiger partial charge >= 0.3 is 0 Å². The first-order chi connectivity index (χ1) is 15.9. The van der Waals surface area contributed by atoms with Gasteiger partial charge < -0.3 is 10.1 Å². The van der Waals surface area contributed by atoms with Crippen molar-refractivity contribution in [2.24, 2.45) is 0 Å². The minimum absolute atomic E-state index is 0.0967. The van der Waals surface area contributed by atoms with Crippen LogP contribution >= 0.6 is 0 Å². The van der Waals surface area contributed by atoms with E-state index in [2.05, 4.69) is 20.4 Å². The maximum Gasteiger partial charge on any atom is 0.247 e. The van der Waals surface area contributed by atoms with Crippen LogP contribution in [0, 0.1) is 17.0 Å². The second-order valence-corrected chi connectivity index (χ2v) is 7.38. The predicted octanol–water partition coefficient (Wildman–Crippen LogP) is 2.35. The Bertz CT molecular complexity index is 1430. The van der Waals surface area contributed by atoms with Crippen LogP contribution in [0.5, 0.6) is 0 Å². The maximum absolute atomic E-state index is 13.5. The van der Waals surface area contributed by atoms with E-state index >= 15 is 0 Å². The van der Waals surface area contributed by atoms with Gasteiger partial charge in [-0.15, -0.1) is 0 Å². The SMILES string of the molecule is N=c1nc(-c2ccc(F)cc2)c(-c2ccc(=O)[nH]c2)c2n1C(O)N(Cc1ccc(F)cn1)N2. The fourth-order valence-corrected chi connectivity index (χ4v) is 3.67. The molecule has 0 radical (unpaired) electrons. The van der Waals surface area contributed by atoms with E-state index in [4.69, 9.17) is 5.41 Å². The van der Waals surface area contributed by atoms with Crippen LogP contribution in [-0.4, -0.2) is 29.6 Å². The van der Waals surface area contributed by atoms with Crippen LogP contribution in [-0.2, 0) is 6.54 Å². The smallest absolute Gasteiger partial charge is 0.247 e. The zero-order chi connectivity index (χ0) is 23.1. The lowest BCUT2D eigenvalue weighted by Gasteiger charge is -2.19. The van der Waals surface area contributed by atoms with Gasteiger partial charge in [-0.05, 0) is 42.5 Å². The number of nitrogens with zero attached hydrogens (tertiary/aromatic N) is 4. The summed E-state index contributed by atoms with van der Waals surface area (Å²) in [5, 5.41) is 20.8. The minimum Gasteiger partial charge on any atom is -0.359 e. The van der Waals surface area contributed by atoms with E-state index in [1.807, 2.05) is 0 Å². The summed E-state index contributed by atoms with van der Waals surface area (Å²) in [4.78, 5) is 22.6. The number of anilines is 1. The summed E-state index contributed by atoms with van der Waals surface area (Å²) in [6.45, 7) is 0.0967. The lowest BCUT2D eigenvalue weighted by atomic mass is 10.0. The molecule has 0 aliphatic carbocycles. The van der Waals surface area contributed by atoms with Crippen molar-refractivity contribution < 1.29 is 13.9 Å². The van der Waals surface area contributed by atoms with Crippen LogP contribution in [0.2, 0.25) is 0 Å². The molecule has 33 heavy (non-hydrogen) atoms. The van der Waals surface area contributed by atoms with Gasteiger partial charge in [-0.3, -0.25) is 25.2 Å². The third-order valence-electron chi connectivity index (χ3n) is 5.23. The molecule has 1 aromatic carbocycles. The van der Waals surface area contributed by atoms with Crippen LogP contribution in [0.25, 0.3) is 22.4 Å². The Kier molecular flexibility index (Phi) is 5.04. The van der Waals surface area contributed by atoms with E-state index < -0.39 is 18.0 Å². The molecular weight excluding hydrogens is 432 g/mol. The standard InChI is InChI=1S/C22H17F2N7O2/c23-14-4-1-12(2-5-14)19-18(13-3-8-17(32)27-9-13)20-29-30(22(33)31(20)21(25)28-19)11-16-7-6-15(24)10-26-16/h1-10,22,25,29,33H,11H2,(H,27,32). The second kappa shape index (κ2) is 8.04. The average Bonchev–Trinajstić information content (AvgIpc) is 3.13. The molecule has 0 spiro atoms. The molecule has 1 aliphatic rings. The molecule has 1 unspecified atom stereocenters. The molecule has 4 N–H and O–H groups in total. The fraction of sp³-hybridized carbons (Fsp3) is 0.0909. The summed E-state index contributed by atoms with van der Waals surface area (Å²) in [5.41, 5.74) is 4.98. The number of rotatable bonds is 4. The monoisotopic (exact) mass is 449 g/mol. The molecule has 0 bridgehead atoms. The van der Waals surface area contributed by atoms with Crippen LogP contribution in [0.3, 0.4) is 0 Å². The number of halogens is 2. The molecule has 4 heterocycles. The van der Waals surface area contributed by atoms with Gasteiger partial charge in [0.25, 0.3) is 0 Å². The Morgan fingerprint density at radius 1 is 1.03 bits per heavy atom. The largest absolute Gasteiger partial charge is 0.359 e. The number of hydrogen-bond acceptors (Lipinski definition) is 7. The van der Waals surface area contributed by atoms with E-state index in [9.17, 15) is 18.7 Å². The molecule has 166 valence electrons. The number of pyridine rings is 2. The second-order valence-electron chi connectivity index (χ2n) is 7.38. The Balaban J connectivity index is 1.66. The number of aromatic nitrogens is 4. The Hall–Kier alpha value is -4.22. The molecule has 1 atom stereocenters. The van der Waals surface area contributed by atoms with Crippen molar-refractivity contribution in [3.8, 4) is 22.4 Å². The van der Waals surface area contributed by atoms with E-state index in [0.717, 1.165) is 6.20 Å². The molecule has 0 saturated carbocycles. The molecule has 0 fully saturated rings. The van der Waals surface area contributed by atoms with Gasteiger partial charge in [0.15, 0.2) is 0 Å². The summed E-state index contributed by atoms with van der Waals surface area (Å²) >= 11 is 0. The summed E-state index contributed by atoms with van der Waals surface area (Å²) in [6.07, 6.45) is 1.26. The number of nitrogens with one attached hydrogen (secondary N) is 3. The van der Waals surface area contributed by atoms with Gasteiger partial charge in [-0.1, -0.05) is 0 Å². The van der Waals surface area contributed by atoms with Crippen molar-refractivity contribution in [1.29, 1.82) is 5.41 Å². The van der Waals surface area contributed by atoms with E-state index in [1.54, 1.807) is 6.07 Å². The lowest BCUT2D eigenvalue weighted by Crippen LogP contribution is -2.33. The normalized spacial score (nSPS) is 15.3. The summed E-state index contributed by atoms with van der Waals surface area (Å²) in [6, 6.07) is 11.3. The van der Waals surface area contributed by atoms with Gasteiger partial charge in [0.1, 0.15) is 17.5 Å². The van der Waals surface area contributed by atoms with Crippen molar-refractivity contribution in [1.82, 2.24) is 24.5 Å². The number of hydrogen-bond donors (Lipinski definition) is 4.